The van der Waals surface area contributed by atoms with Crippen LogP contribution in [0.25, 0.3) is 0 Å². The Morgan fingerprint density at radius 3 is 2.26 bits per heavy atom. The lowest BCUT2D eigenvalue weighted by Crippen LogP contribution is -2.08. The highest BCUT2D eigenvalue weighted by Gasteiger charge is 2.00. The van der Waals surface area contributed by atoms with E-state index in [4.69, 9.17) is 5.11 Å². The summed E-state index contributed by atoms with van der Waals surface area (Å²) in [5, 5.41) is 15.3. The van der Waals surface area contributed by atoms with Gasteiger partial charge in [-0.2, -0.15) is 0 Å². The Bertz CT molecular complexity index is 357. The van der Waals surface area contributed by atoms with Crippen LogP contribution in [0.4, 0.5) is 11.6 Å². The van der Waals surface area contributed by atoms with Crippen molar-refractivity contribution < 1.29 is 5.11 Å². The van der Waals surface area contributed by atoms with Crippen LogP contribution in [0.5, 0.6) is 0 Å². The standard InChI is InChI=1S/C14H26N4O/c1-3-8-15-13-11-14(18-12(2)17-13)16-9-6-4-5-7-10-19/h11,19H,3-10H2,1-2H3,(H2,15,16,17,18). The second-order valence-electron chi connectivity index (χ2n) is 4.68. The number of hydrogen-bond acceptors (Lipinski definition) is 5. The molecule has 0 aliphatic rings. The zero-order valence-corrected chi connectivity index (χ0v) is 12.1. The Labute approximate surface area is 115 Å². The summed E-state index contributed by atoms with van der Waals surface area (Å²) in [6, 6.07) is 1.95. The van der Waals surface area contributed by atoms with E-state index in [0.717, 1.165) is 62.7 Å². The van der Waals surface area contributed by atoms with Gasteiger partial charge in [0.1, 0.15) is 17.5 Å². The number of aliphatic hydroxyl groups is 1. The smallest absolute Gasteiger partial charge is 0.131 e. The predicted octanol–water partition coefficient (Wildman–Crippen LogP) is 2.57. The minimum atomic E-state index is 0.297. The van der Waals surface area contributed by atoms with Crippen LogP contribution < -0.4 is 10.6 Å². The van der Waals surface area contributed by atoms with Crippen molar-refractivity contribution in [1.82, 2.24) is 9.97 Å². The monoisotopic (exact) mass is 266 g/mol. The van der Waals surface area contributed by atoms with Gasteiger partial charge in [0.2, 0.25) is 0 Å². The van der Waals surface area contributed by atoms with Crippen LogP contribution >= 0.6 is 0 Å². The van der Waals surface area contributed by atoms with E-state index < -0.39 is 0 Å². The first-order valence-corrected chi connectivity index (χ1v) is 7.20. The molecule has 0 bridgehead atoms. The van der Waals surface area contributed by atoms with Crippen molar-refractivity contribution in [2.24, 2.45) is 0 Å². The number of nitrogens with zero attached hydrogens (tertiary/aromatic N) is 2. The number of aliphatic hydroxyl groups excluding tert-OH is 1. The summed E-state index contributed by atoms with van der Waals surface area (Å²) in [6.07, 6.45) is 5.30. The molecule has 0 radical (unpaired) electrons. The van der Waals surface area contributed by atoms with E-state index in [2.05, 4.69) is 27.5 Å². The highest BCUT2D eigenvalue weighted by atomic mass is 16.2. The number of anilines is 2. The number of unbranched alkanes of at least 4 members (excludes halogenated alkanes) is 3. The van der Waals surface area contributed by atoms with Crippen molar-refractivity contribution in [3.05, 3.63) is 11.9 Å². The number of rotatable bonds is 10. The molecule has 0 saturated heterocycles. The van der Waals surface area contributed by atoms with Crippen LogP contribution in [-0.4, -0.2) is 34.8 Å². The number of hydrogen-bond donors (Lipinski definition) is 3. The minimum Gasteiger partial charge on any atom is -0.396 e. The van der Waals surface area contributed by atoms with Gasteiger partial charge in [-0.05, 0) is 26.2 Å². The molecule has 0 aromatic carbocycles. The van der Waals surface area contributed by atoms with E-state index in [9.17, 15) is 0 Å². The summed E-state index contributed by atoms with van der Waals surface area (Å²) in [4.78, 5) is 8.72. The van der Waals surface area contributed by atoms with Crippen LogP contribution in [0.15, 0.2) is 6.07 Å². The Morgan fingerprint density at radius 2 is 1.63 bits per heavy atom. The minimum absolute atomic E-state index is 0.297. The predicted molar refractivity (Wildman–Crippen MR) is 79.6 cm³/mol. The van der Waals surface area contributed by atoms with Gasteiger partial charge in [0, 0.05) is 25.8 Å². The van der Waals surface area contributed by atoms with E-state index in [-0.39, 0.29) is 0 Å². The summed E-state index contributed by atoms with van der Waals surface area (Å²) < 4.78 is 0. The van der Waals surface area contributed by atoms with Crippen LogP contribution in [0.3, 0.4) is 0 Å². The maximum Gasteiger partial charge on any atom is 0.131 e. The molecule has 3 N–H and O–H groups in total. The molecule has 0 unspecified atom stereocenters. The molecule has 0 saturated carbocycles. The number of aryl methyl sites for hydroxylation is 1. The van der Waals surface area contributed by atoms with Crippen LogP contribution in [0, 0.1) is 6.92 Å². The summed E-state index contributed by atoms with van der Waals surface area (Å²) in [5.74, 6) is 2.55. The molecule has 0 spiro atoms. The first-order valence-electron chi connectivity index (χ1n) is 7.20. The Balaban J connectivity index is 2.34. The maximum atomic E-state index is 8.69. The molecule has 1 rings (SSSR count). The third-order valence-corrected chi connectivity index (χ3v) is 2.79. The normalized spacial score (nSPS) is 10.5. The summed E-state index contributed by atoms with van der Waals surface area (Å²) in [7, 11) is 0. The van der Waals surface area contributed by atoms with Gasteiger partial charge >= 0.3 is 0 Å². The summed E-state index contributed by atoms with van der Waals surface area (Å²) in [5.41, 5.74) is 0. The molecular formula is C14H26N4O. The molecule has 5 nitrogen and oxygen atoms in total. The maximum absolute atomic E-state index is 8.69. The van der Waals surface area contributed by atoms with Gasteiger partial charge in [0.15, 0.2) is 0 Å². The molecule has 0 aliphatic heterocycles. The molecule has 1 aromatic heterocycles. The molecule has 108 valence electrons. The first-order chi connectivity index (χ1) is 9.26. The van der Waals surface area contributed by atoms with Crippen LogP contribution in [0.1, 0.15) is 44.9 Å². The Morgan fingerprint density at radius 1 is 1.00 bits per heavy atom. The molecule has 5 heteroatoms. The fraction of sp³-hybridized carbons (Fsp3) is 0.714. The molecule has 0 aliphatic carbocycles. The zero-order chi connectivity index (χ0) is 13.9. The molecule has 1 aromatic rings. The van der Waals surface area contributed by atoms with Gasteiger partial charge in [-0.3, -0.25) is 0 Å². The number of nitrogens with one attached hydrogen (secondary N) is 2. The van der Waals surface area contributed by atoms with Gasteiger partial charge in [0.05, 0.1) is 0 Å². The van der Waals surface area contributed by atoms with Crippen molar-refractivity contribution in [2.45, 2.75) is 46.0 Å². The van der Waals surface area contributed by atoms with Crippen molar-refractivity contribution in [1.29, 1.82) is 0 Å². The quantitative estimate of drug-likeness (QED) is 0.568. The zero-order valence-electron chi connectivity index (χ0n) is 12.1. The Kier molecular flexibility index (Phi) is 7.89. The fourth-order valence-electron chi connectivity index (χ4n) is 1.81. The van der Waals surface area contributed by atoms with Gasteiger partial charge in [-0.15, -0.1) is 0 Å². The highest BCUT2D eigenvalue weighted by molar-refractivity contribution is 5.47. The molecular weight excluding hydrogens is 240 g/mol. The lowest BCUT2D eigenvalue weighted by Gasteiger charge is -2.09. The van der Waals surface area contributed by atoms with Gasteiger partial charge in [-0.1, -0.05) is 19.8 Å². The first kappa shape index (κ1) is 15.7. The van der Waals surface area contributed by atoms with Gasteiger partial charge < -0.3 is 15.7 Å². The van der Waals surface area contributed by atoms with Crippen LogP contribution in [-0.2, 0) is 0 Å². The van der Waals surface area contributed by atoms with Gasteiger partial charge in [-0.25, -0.2) is 9.97 Å². The second-order valence-corrected chi connectivity index (χ2v) is 4.68. The molecule has 0 atom stereocenters. The fourth-order valence-corrected chi connectivity index (χ4v) is 1.81. The third kappa shape index (κ3) is 6.96. The lowest BCUT2D eigenvalue weighted by molar-refractivity contribution is 0.283. The Hall–Kier alpha value is -1.36. The number of aromatic nitrogens is 2. The van der Waals surface area contributed by atoms with E-state index in [0.29, 0.717) is 6.61 Å². The van der Waals surface area contributed by atoms with E-state index in [1.54, 1.807) is 0 Å². The average molecular weight is 266 g/mol. The van der Waals surface area contributed by atoms with E-state index >= 15 is 0 Å². The SMILES string of the molecule is CCCNc1cc(NCCCCCCO)nc(C)n1. The average Bonchev–Trinajstić information content (AvgIpc) is 2.40. The summed E-state index contributed by atoms with van der Waals surface area (Å²) in [6.45, 7) is 6.17. The molecule has 1 heterocycles. The van der Waals surface area contributed by atoms with E-state index in [1.165, 1.54) is 0 Å². The summed E-state index contributed by atoms with van der Waals surface area (Å²) >= 11 is 0. The van der Waals surface area contributed by atoms with Crippen LogP contribution in [0.2, 0.25) is 0 Å². The van der Waals surface area contributed by atoms with Crippen molar-refractivity contribution >= 4 is 11.6 Å². The second kappa shape index (κ2) is 9.55. The van der Waals surface area contributed by atoms with E-state index in [1.807, 2.05) is 13.0 Å². The van der Waals surface area contributed by atoms with Crippen molar-refractivity contribution in [2.75, 3.05) is 30.3 Å². The topological polar surface area (TPSA) is 70.1 Å². The molecule has 0 amide bonds. The largest absolute Gasteiger partial charge is 0.396 e. The van der Waals surface area contributed by atoms with Gasteiger partial charge in [0.25, 0.3) is 0 Å². The van der Waals surface area contributed by atoms with Crippen molar-refractivity contribution in [3.63, 3.8) is 0 Å². The molecule has 19 heavy (non-hydrogen) atoms. The molecule has 0 fully saturated rings. The third-order valence-electron chi connectivity index (χ3n) is 2.79. The lowest BCUT2D eigenvalue weighted by atomic mass is 10.2. The van der Waals surface area contributed by atoms with Crippen molar-refractivity contribution in [3.8, 4) is 0 Å². The highest BCUT2D eigenvalue weighted by Crippen LogP contribution is 2.11.